The molecular formula is C21H38IN7O. The molecule has 30 heavy (non-hydrogen) atoms. The Bertz CT molecular complexity index is 712. The molecule has 170 valence electrons. The normalized spacial score (nSPS) is 20.5. The van der Waals surface area contributed by atoms with Crippen LogP contribution in [0.1, 0.15) is 33.6 Å². The van der Waals surface area contributed by atoms with E-state index in [9.17, 15) is 4.79 Å². The number of aryl methyl sites for hydroxylation is 1. The van der Waals surface area contributed by atoms with Gasteiger partial charge in [0.15, 0.2) is 5.96 Å². The summed E-state index contributed by atoms with van der Waals surface area (Å²) in [5, 5.41) is 7.73. The fraction of sp³-hybridized carbons (Fsp3) is 0.762. The molecule has 1 aromatic rings. The lowest BCUT2D eigenvalue weighted by atomic mass is 9.94. The molecule has 0 aromatic carbocycles. The van der Waals surface area contributed by atoms with Crippen molar-refractivity contribution in [2.75, 3.05) is 51.2 Å². The number of nitrogens with zero attached hydrogens (tertiary/aromatic N) is 6. The standard InChI is InChI=1S/C21H37N7O.HI/c1-16(2)19(26-8-6-17(3)7-9-26)13-23-21(22-4)27-10-11-28(20(29)15-27)18-12-24-25(5)14-18;/h12,14,16-17,19H,6-11,13,15H2,1-5H3,(H,22,23);1H. The Morgan fingerprint density at radius 1 is 1.27 bits per heavy atom. The number of anilines is 1. The Hall–Kier alpha value is -1.36. The van der Waals surface area contributed by atoms with E-state index in [-0.39, 0.29) is 29.9 Å². The molecule has 8 nitrogen and oxygen atoms in total. The minimum atomic E-state index is 0. The Balaban J connectivity index is 0.00000320. The molecule has 3 rings (SSSR count). The van der Waals surface area contributed by atoms with Crippen molar-refractivity contribution in [2.24, 2.45) is 23.9 Å². The molecule has 1 amide bonds. The molecular weight excluding hydrogens is 493 g/mol. The van der Waals surface area contributed by atoms with Crippen molar-refractivity contribution in [2.45, 2.75) is 39.7 Å². The Labute approximate surface area is 198 Å². The van der Waals surface area contributed by atoms with Crippen LogP contribution < -0.4 is 10.2 Å². The average Bonchev–Trinajstić information content (AvgIpc) is 3.12. The number of nitrogens with one attached hydrogen (secondary N) is 1. The van der Waals surface area contributed by atoms with Crippen LogP contribution in [0, 0.1) is 11.8 Å². The summed E-state index contributed by atoms with van der Waals surface area (Å²) in [5.74, 6) is 2.30. The zero-order valence-corrected chi connectivity index (χ0v) is 21.4. The summed E-state index contributed by atoms with van der Waals surface area (Å²) < 4.78 is 1.73. The van der Waals surface area contributed by atoms with E-state index < -0.39 is 0 Å². The van der Waals surface area contributed by atoms with Gasteiger partial charge in [0, 0.05) is 46.0 Å². The molecule has 9 heteroatoms. The number of guanidine groups is 1. The molecule has 2 aliphatic rings. The van der Waals surface area contributed by atoms with Gasteiger partial charge in [-0.3, -0.25) is 19.4 Å². The van der Waals surface area contributed by atoms with Crippen molar-refractivity contribution in [3.63, 3.8) is 0 Å². The summed E-state index contributed by atoms with van der Waals surface area (Å²) >= 11 is 0. The van der Waals surface area contributed by atoms with Gasteiger partial charge in [-0.15, -0.1) is 24.0 Å². The van der Waals surface area contributed by atoms with Crippen molar-refractivity contribution in [1.82, 2.24) is 24.9 Å². The first kappa shape index (κ1) is 24.9. The average molecular weight is 531 g/mol. The van der Waals surface area contributed by atoms with Crippen LogP contribution >= 0.6 is 24.0 Å². The molecule has 2 aliphatic heterocycles. The molecule has 2 fully saturated rings. The zero-order valence-electron chi connectivity index (χ0n) is 19.0. The molecule has 0 saturated carbocycles. The summed E-state index contributed by atoms with van der Waals surface area (Å²) in [5.41, 5.74) is 0.860. The molecule has 1 N–H and O–H groups in total. The van der Waals surface area contributed by atoms with Gasteiger partial charge in [-0.1, -0.05) is 20.8 Å². The molecule has 3 heterocycles. The van der Waals surface area contributed by atoms with Crippen LogP contribution in [0.25, 0.3) is 0 Å². The van der Waals surface area contributed by atoms with Gasteiger partial charge in [0.2, 0.25) is 5.91 Å². The van der Waals surface area contributed by atoms with Gasteiger partial charge < -0.3 is 15.1 Å². The van der Waals surface area contributed by atoms with Crippen molar-refractivity contribution < 1.29 is 4.79 Å². The summed E-state index contributed by atoms with van der Waals surface area (Å²) in [6.07, 6.45) is 6.19. The van der Waals surface area contributed by atoms with E-state index in [0.717, 1.165) is 30.7 Å². The summed E-state index contributed by atoms with van der Waals surface area (Å²) in [6.45, 7) is 11.9. The number of carbonyl (C=O) groups is 1. The molecule has 0 radical (unpaired) electrons. The van der Waals surface area contributed by atoms with Crippen LogP contribution in [-0.2, 0) is 11.8 Å². The number of likely N-dealkylation sites (tertiary alicyclic amines) is 1. The van der Waals surface area contributed by atoms with Gasteiger partial charge in [0.05, 0.1) is 11.9 Å². The van der Waals surface area contributed by atoms with Crippen LogP contribution in [0.15, 0.2) is 17.4 Å². The van der Waals surface area contributed by atoms with Crippen molar-refractivity contribution in [1.29, 1.82) is 0 Å². The second kappa shape index (κ2) is 11.3. The van der Waals surface area contributed by atoms with Gasteiger partial charge in [0.25, 0.3) is 0 Å². The fourth-order valence-electron chi connectivity index (χ4n) is 4.35. The summed E-state index contributed by atoms with van der Waals surface area (Å²) in [4.78, 5) is 23.7. The zero-order chi connectivity index (χ0) is 21.0. The van der Waals surface area contributed by atoms with Gasteiger partial charge in [-0.05, 0) is 37.8 Å². The SMILES string of the molecule is CN=C(NCC(C(C)C)N1CCC(C)CC1)N1CCN(c2cnn(C)c2)C(=O)C1.I. The number of carbonyl (C=O) groups excluding carboxylic acids is 1. The highest BCUT2D eigenvalue weighted by Crippen LogP contribution is 2.21. The minimum absolute atomic E-state index is 0. The molecule has 2 saturated heterocycles. The largest absolute Gasteiger partial charge is 0.355 e. The third-order valence-corrected chi connectivity index (χ3v) is 6.26. The predicted octanol–water partition coefficient (Wildman–Crippen LogP) is 2.02. The number of aliphatic imine (C=N–C) groups is 1. The molecule has 1 unspecified atom stereocenters. The van der Waals surface area contributed by atoms with Crippen LogP contribution in [0.3, 0.4) is 0 Å². The number of piperidine rings is 1. The lowest BCUT2D eigenvalue weighted by Crippen LogP contribution is -2.57. The molecule has 0 aliphatic carbocycles. The molecule has 0 spiro atoms. The first-order chi connectivity index (χ1) is 13.9. The van der Waals surface area contributed by atoms with E-state index in [1.807, 2.05) is 18.1 Å². The smallest absolute Gasteiger partial charge is 0.246 e. The third kappa shape index (κ3) is 6.09. The van der Waals surface area contributed by atoms with E-state index in [1.54, 1.807) is 17.9 Å². The van der Waals surface area contributed by atoms with Crippen LogP contribution in [0.5, 0.6) is 0 Å². The molecule has 1 atom stereocenters. The van der Waals surface area contributed by atoms with E-state index in [2.05, 4.69) is 46.0 Å². The maximum atomic E-state index is 12.7. The molecule has 1 aromatic heterocycles. The number of halogens is 1. The topological polar surface area (TPSA) is 69.0 Å². The summed E-state index contributed by atoms with van der Waals surface area (Å²) in [6, 6.07) is 0.478. The predicted molar refractivity (Wildman–Crippen MR) is 133 cm³/mol. The first-order valence-corrected chi connectivity index (χ1v) is 10.9. The van der Waals surface area contributed by atoms with Crippen molar-refractivity contribution in [3.05, 3.63) is 12.4 Å². The number of hydrogen-bond acceptors (Lipinski definition) is 4. The Kier molecular flexibility index (Phi) is 9.39. The highest BCUT2D eigenvalue weighted by Gasteiger charge is 2.29. The van der Waals surface area contributed by atoms with Gasteiger partial charge >= 0.3 is 0 Å². The quantitative estimate of drug-likeness (QED) is 0.358. The maximum absolute atomic E-state index is 12.7. The van der Waals surface area contributed by atoms with E-state index >= 15 is 0 Å². The van der Waals surface area contributed by atoms with Crippen LogP contribution in [0.2, 0.25) is 0 Å². The third-order valence-electron chi connectivity index (χ3n) is 6.26. The fourth-order valence-corrected chi connectivity index (χ4v) is 4.35. The van der Waals surface area contributed by atoms with E-state index in [0.29, 0.717) is 25.0 Å². The number of piperazine rings is 1. The second-order valence-corrected chi connectivity index (χ2v) is 8.80. The maximum Gasteiger partial charge on any atom is 0.246 e. The van der Waals surface area contributed by atoms with Crippen LogP contribution in [-0.4, -0.2) is 83.8 Å². The minimum Gasteiger partial charge on any atom is -0.355 e. The van der Waals surface area contributed by atoms with Crippen LogP contribution in [0.4, 0.5) is 5.69 Å². The van der Waals surface area contributed by atoms with E-state index in [4.69, 9.17) is 0 Å². The molecule has 0 bridgehead atoms. The van der Waals surface area contributed by atoms with Gasteiger partial charge in [-0.25, -0.2) is 0 Å². The van der Waals surface area contributed by atoms with Crippen molar-refractivity contribution in [3.8, 4) is 0 Å². The monoisotopic (exact) mass is 531 g/mol. The van der Waals surface area contributed by atoms with Gasteiger partial charge in [0.1, 0.15) is 6.54 Å². The lowest BCUT2D eigenvalue weighted by Gasteiger charge is -2.40. The lowest BCUT2D eigenvalue weighted by molar-refractivity contribution is -0.120. The van der Waals surface area contributed by atoms with E-state index in [1.165, 1.54) is 25.9 Å². The highest BCUT2D eigenvalue weighted by atomic mass is 127. The highest BCUT2D eigenvalue weighted by molar-refractivity contribution is 14.0. The van der Waals surface area contributed by atoms with Gasteiger partial charge in [-0.2, -0.15) is 5.10 Å². The number of aromatic nitrogens is 2. The first-order valence-electron chi connectivity index (χ1n) is 10.9. The number of amides is 1. The number of hydrogen-bond donors (Lipinski definition) is 1. The Morgan fingerprint density at radius 2 is 1.97 bits per heavy atom. The number of rotatable bonds is 5. The summed E-state index contributed by atoms with van der Waals surface area (Å²) in [7, 11) is 3.66. The van der Waals surface area contributed by atoms with Crippen molar-refractivity contribution >= 4 is 41.5 Å². The Morgan fingerprint density at radius 3 is 2.50 bits per heavy atom. The second-order valence-electron chi connectivity index (χ2n) is 8.80.